The maximum absolute atomic E-state index is 12.2. The van der Waals surface area contributed by atoms with E-state index in [4.69, 9.17) is 11.6 Å². The molecule has 0 aliphatic heterocycles. The Hall–Kier alpha value is -0.650. The number of rotatable bonds is 5. The van der Waals surface area contributed by atoms with Crippen LogP contribution in [0.4, 0.5) is 0 Å². The van der Waals surface area contributed by atoms with Crippen LogP contribution in [0.2, 0.25) is 5.15 Å². The van der Waals surface area contributed by atoms with Crippen molar-refractivity contribution in [1.29, 1.82) is 0 Å². The van der Waals surface area contributed by atoms with Gasteiger partial charge in [0.05, 0.1) is 0 Å². The van der Waals surface area contributed by atoms with Gasteiger partial charge in [-0.15, -0.1) is 0 Å². The molecule has 0 amide bonds. The van der Waals surface area contributed by atoms with Gasteiger partial charge in [0.1, 0.15) is 10.0 Å². The first-order valence-corrected chi connectivity index (χ1v) is 6.96. The zero-order valence-electron chi connectivity index (χ0n) is 9.35. The lowest BCUT2D eigenvalue weighted by molar-refractivity contribution is 0.427. The molecule has 0 aromatic carbocycles. The van der Waals surface area contributed by atoms with Crippen LogP contribution in [0, 0.1) is 0 Å². The molecule has 1 rings (SSSR count). The number of aromatic nitrogens is 1. The Balaban J connectivity index is 3.15. The summed E-state index contributed by atoms with van der Waals surface area (Å²) < 4.78 is 25.8. The predicted molar refractivity (Wildman–Crippen MR) is 64.0 cm³/mol. The van der Waals surface area contributed by atoms with Gasteiger partial charge in [0.15, 0.2) is 0 Å². The maximum atomic E-state index is 12.2. The average Bonchev–Trinajstić information content (AvgIpc) is 2.26. The molecule has 0 atom stereocenters. The number of hydrogen-bond donors (Lipinski definition) is 0. The molecule has 0 spiro atoms. The number of nitrogens with zero attached hydrogens (tertiary/aromatic N) is 2. The Morgan fingerprint density at radius 2 is 2.12 bits per heavy atom. The molecule has 0 aliphatic carbocycles. The molecule has 0 unspecified atom stereocenters. The summed E-state index contributed by atoms with van der Waals surface area (Å²) in [6.07, 6.45) is 2.24. The molecule has 0 aliphatic rings. The minimum atomic E-state index is -3.51. The summed E-state index contributed by atoms with van der Waals surface area (Å²) in [6.45, 7) is 4.66. The Kier molecular flexibility index (Phi) is 4.70. The topological polar surface area (TPSA) is 50.3 Å². The predicted octanol–water partition coefficient (Wildman–Crippen LogP) is 2.16. The Morgan fingerprint density at radius 3 is 2.62 bits per heavy atom. The summed E-state index contributed by atoms with van der Waals surface area (Å²) in [5.41, 5.74) is 0. The molecule has 1 heterocycles. The van der Waals surface area contributed by atoms with Gasteiger partial charge in [0.2, 0.25) is 10.0 Å². The van der Waals surface area contributed by atoms with Crippen molar-refractivity contribution >= 4 is 21.6 Å². The van der Waals surface area contributed by atoms with Crippen LogP contribution >= 0.6 is 11.6 Å². The molecule has 1 aromatic heterocycles. The van der Waals surface area contributed by atoms with E-state index in [0.717, 1.165) is 6.42 Å². The average molecular weight is 263 g/mol. The van der Waals surface area contributed by atoms with Gasteiger partial charge in [-0.1, -0.05) is 25.4 Å². The molecule has 90 valence electrons. The van der Waals surface area contributed by atoms with E-state index in [1.165, 1.54) is 16.6 Å². The highest BCUT2D eigenvalue weighted by Crippen LogP contribution is 2.22. The first-order valence-electron chi connectivity index (χ1n) is 5.14. The van der Waals surface area contributed by atoms with Crippen LogP contribution in [0.3, 0.4) is 0 Å². The zero-order chi connectivity index (χ0) is 12.2. The van der Waals surface area contributed by atoms with E-state index >= 15 is 0 Å². The summed E-state index contributed by atoms with van der Waals surface area (Å²) in [6, 6.07) is 3.04. The summed E-state index contributed by atoms with van der Waals surface area (Å²) in [4.78, 5) is 3.86. The Labute approximate surface area is 101 Å². The van der Waals surface area contributed by atoms with Gasteiger partial charge in [-0.05, 0) is 18.6 Å². The van der Waals surface area contributed by atoms with Gasteiger partial charge in [-0.2, -0.15) is 4.31 Å². The van der Waals surface area contributed by atoms with Crippen molar-refractivity contribution in [2.45, 2.75) is 25.2 Å². The third-order valence-corrected chi connectivity index (χ3v) is 4.59. The van der Waals surface area contributed by atoms with Crippen LogP contribution in [0.1, 0.15) is 20.3 Å². The highest BCUT2D eigenvalue weighted by atomic mass is 35.5. The van der Waals surface area contributed by atoms with E-state index in [9.17, 15) is 8.42 Å². The third-order valence-electron chi connectivity index (χ3n) is 2.17. The Bertz CT molecular complexity index is 448. The molecule has 16 heavy (non-hydrogen) atoms. The van der Waals surface area contributed by atoms with Crippen LogP contribution in [0.25, 0.3) is 0 Å². The maximum Gasteiger partial charge on any atom is 0.246 e. The van der Waals surface area contributed by atoms with Gasteiger partial charge >= 0.3 is 0 Å². The molecule has 0 saturated carbocycles. The molecule has 1 aromatic rings. The fourth-order valence-electron chi connectivity index (χ4n) is 1.40. The lowest BCUT2D eigenvalue weighted by atomic mass is 10.5. The summed E-state index contributed by atoms with van der Waals surface area (Å²) in [5, 5.41) is 0.0250. The first-order chi connectivity index (χ1) is 7.54. The van der Waals surface area contributed by atoms with Gasteiger partial charge in [0.25, 0.3) is 0 Å². The normalized spacial score (nSPS) is 12.0. The molecule has 4 nitrogen and oxygen atoms in total. The first kappa shape index (κ1) is 13.4. The van der Waals surface area contributed by atoms with Crippen LogP contribution in [-0.2, 0) is 10.0 Å². The van der Waals surface area contributed by atoms with Gasteiger partial charge in [0, 0.05) is 19.3 Å². The number of sulfonamides is 1. The molecule has 0 saturated heterocycles. The second kappa shape index (κ2) is 5.61. The molecular formula is C10H15ClN2O2S. The second-order valence-corrected chi connectivity index (χ2v) is 5.55. The van der Waals surface area contributed by atoms with Gasteiger partial charge < -0.3 is 0 Å². The Morgan fingerprint density at radius 1 is 1.44 bits per heavy atom. The summed E-state index contributed by atoms with van der Waals surface area (Å²) in [5.74, 6) is 0. The SMILES string of the molecule is CCCN(CC)S(=O)(=O)c1cccnc1Cl. The molecule has 0 bridgehead atoms. The largest absolute Gasteiger partial charge is 0.246 e. The van der Waals surface area contributed by atoms with Gasteiger partial charge in [-0.25, -0.2) is 13.4 Å². The van der Waals surface area contributed by atoms with E-state index in [1.807, 2.05) is 6.92 Å². The van der Waals surface area contributed by atoms with E-state index in [-0.39, 0.29) is 10.0 Å². The summed E-state index contributed by atoms with van der Waals surface area (Å²) in [7, 11) is -3.51. The smallest absolute Gasteiger partial charge is 0.243 e. The molecular weight excluding hydrogens is 248 g/mol. The van der Waals surface area contributed by atoms with Crippen molar-refractivity contribution in [1.82, 2.24) is 9.29 Å². The van der Waals surface area contributed by atoms with Crippen LogP contribution in [-0.4, -0.2) is 30.8 Å². The highest BCUT2D eigenvalue weighted by Gasteiger charge is 2.24. The second-order valence-electron chi connectivity index (χ2n) is 3.29. The molecule has 0 fully saturated rings. The molecule has 0 radical (unpaired) electrons. The fourth-order valence-corrected chi connectivity index (χ4v) is 3.37. The van der Waals surface area contributed by atoms with E-state index in [2.05, 4.69) is 4.98 Å². The third kappa shape index (κ3) is 2.72. The number of pyridine rings is 1. The minimum Gasteiger partial charge on any atom is -0.243 e. The highest BCUT2D eigenvalue weighted by molar-refractivity contribution is 7.89. The molecule has 6 heteroatoms. The van der Waals surface area contributed by atoms with E-state index in [0.29, 0.717) is 13.1 Å². The van der Waals surface area contributed by atoms with E-state index < -0.39 is 10.0 Å². The van der Waals surface area contributed by atoms with Crippen LogP contribution in [0.5, 0.6) is 0 Å². The van der Waals surface area contributed by atoms with Crippen LogP contribution < -0.4 is 0 Å². The standard InChI is InChI=1S/C10H15ClN2O2S/c1-3-8-13(4-2)16(14,15)9-6-5-7-12-10(9)11/h5-7H,3-4,8H2,1-2H3. The van der Waals surface area contributed by atoms with Crippen molar-refractivity contribution in [2.75, 3.05) is 13.1 Å². The number of halogens is 1. The van der Waals surface area contributed by atoms with Crippen molar-refractivity contribution in [3.63, 3.8) is 0 Å². The number of hydrogen-bond acceptors (Lipinski definition) is 3. The summed E-state index contributed by atoms with van der Waals surface area (Å²) >= 11 is 5.79. The fraction of sp³-hybridized carbons (Fsp3) is 0.500. The van der Waals surface area contributed by atoms with E-state index in [1.54, 1.807) is 13.0 Å². The van der Waals surface area contributed by atoms with Crippen molar-refractivity contribution in [3.8, 4) is 0 Å². The minimum absolute atomic E-state index is 0.0250. The lowest BCUT2D eigenvalue weighted by Crippen LogP contribution is -2.31. The lowest BCUT2D eigenvalue weighted by Gasteiger charge is -2.19. The van der Waals surface area contributed by atoms with Crippen molar-refractivity contribution in [3.05, 3.63) is 23.5 Å². The monoisotopic (exact) mass is 262 g/mol. The van der Waals surface area contributed by atoms with Crippen LogP contribution in [0.15, 0.2) is 23.2 Å². The zero-order valence-corrected chi connectivity index (χ0v) is 10.9. The van der Waals surface area contributed by atoms with Crippen molar-refractivity contribution < 1.29 is 8.42 Å². The van der Waals surface area contributed by atoms with Crippen molar-refractivity contribution in [2.24, 2.45) is 0 Å². The molecule has 0 N–H and O–H groups in total. The van der Waals surface area contributed by atoms with Gasteiger partial charge in [-0.3, -0.25) is 0 Å². The quantitative estimate of drug-likeness (QED) is 0.764.